The van der Waals surface area contributed by atoms with E-state index in [1.54, 1.807) is 28.6 Å². The van der Waals surface area contributed by atoms with Gasteiger partial charge in [0.1, 0.15) is 5.78 Å². The van der Waals surface area contributed by atoms with Crippen LogP contribution in [0.3, 0.4) is 0 Å². The summed E-state index contributed by atoms with van der Waals surface area (Å²) in [6.07, 6.45) is 4.04. The molecule has 1 heterocycles. The van der Waals surface area contributed by atoms with E-state index in [4.69, 9.17) is 0 Å². The fraction of sp³-hybridized carbons (Fsp3) is 0.533. The van der Waals surface area contributed by atoms with Crippen LogP contribution < -0.4 is 0 Å². The van der Waals surface area contributed by atoms with Gasteiger partial charge in [0, 0.05) is 24.9 Å². The molecule has 20 heavy (non-hydrogen) atoms. The lowest BCUT2D eigenvalue weighted by atomic mass is 9.79. The first-order valence-electron chi connectivity index (χ1n) is 7.20. The van der Waals surface area contributed by atoms with E-state index in [0.717, 1.165) is 25.7 Å². The number of fused-ring (bicyclic) bond motifs is 1. The fourth-order valence-electron chi connectivity index (χ4n) is 3.43. The molecule has 0 amide bonds. The topological polar surface area (TPSA) is 54.5 Å². The summed E-state index contributed by atoms with van der Waals surface area (Å²) < 4.78 is 27.1. The van der Waals surface area contributed by atoms with Gasteiger partial charge in [0.2, 0.25) is 10.0 Å². The van der Waals surface area contributed by atoms with Crippen LogP contribution in [0.5, 0.6) is 0 Å². The highest BCUT2D eigenvalue weighted by molar-refractivity contribution is 7.89. The van der Waals surface area contributed by atoms with E-state index >= 15 is 0 Å². The number of Topliss-reactive ketones (excluding diaryl/α,β-unsaturated/α-hetero) is 1. The number of hydrogen-bond acceptors (Lipinski definition) is 3. The van der Waals surface area contributed by atoms with Crippen molar-refractivity contribution in [2.45, 2.75) is 43.0 Å². The van der Waals surface area contributed by atoms with Gasteiger partial charge < -0.3 is 0 Å². The first-order chi connectivity index (χ1) is 9.60. The third-order valence-corrected chi connectivity index (χ3v) is 6.38. The van der Waals surface area contributed by atoms with E-state index in [2.05, 4.69) is 0 Å². The van der Waals surface area contributed by atoms with Crippen LogP contribution in [0.15, 0.2) is 35.2 Å². The van der Waals surface area contributed by atoms with Gasteiger partial charge in [-0.1, -0.05) is 31.0 Å². The van der Waals surface area contributed by atoms with Crippen LogP contribution >= 0.6 is 0 Å². The molecule has 4 nitrogen and oxygen atoms in total. The summed E-state index contributed by atoms with van der Waals surface area (Å²) >= 11 is 0. The minimum atomic E-state index is -3.47. The lowest BCUT2D eigenvalue weighted by Crippen LogP contribution is -2.53. The standard InChI is InChI=1S/C15H19NO3S/c17-15-10-11-16(14-9-5-4-8-13(14)15)20(18,19)12-6-2-1-3-7-12/h1-3,6-7,13-14H,4-5,8-11H2/t13-,14+/m1/s1. The van der Waals surface area contributed by atoms with Crippen molar-refractivity contribution >= 4 is 15.8 Å². The van der Waals surface area contributed by atoms with E-state index in [9.17, 15) is 13.2 Å². The molecule has 1 aliphatic carbocycles. The van der Waals surface area contributed by atoms with Crippen molar-refractivity contribution in [1.29, 1.82) is 0 Å². The minimum Gasteiger partial charge on any atom is -0.299 e. The third kappa shape index (κ3) is 2.29. The molecule has 1 saturated heterocycles. The number of rotatable bonds is 2. The Labute approximate surface area is 119 Å². The van der Waals surface area contributed by atoms with Crippen LogP contribution in [0.1, 0.15) is 32.1 Å². The highest BCUT2D eigenvalue weighted by Gasteiger charge is 2.43. The molecule has 0 N–H and O–H groups in total. The van der Waals surface area contributed by atoms with Crippen LogP contribution in [-0.4, -0.2) is 31.1 Å². The smallest absolute Gasteiger partial charge is 0.243 e. The Kier molecular flexibility index (Phi) is 3.65. The Morgan fingerprint density at radius 3 is 2.50 bits per heavy atom. The molecule has 2 fully saturated rings. The molecule has 0 aromatic heterocycles. The van der Waals surface area contributed by atoms with E-state index in [1.165, 1.54) is 0 Å². The van der Waals surface area contributed by atoms with Crippen molar-refractivity contribution in [2.75, 3.05) is 6.54 Å². The van der Waals surface area contributed by atoms with Crippen LogP contribution in [0.2, 0.25) is 0 Å². The maximum Gasteiger partial charge on any atom is 0.243 e. The van der Waals surface area contributed by atoms with Crippen molar-refractivity contribution in [2.24, 2.45) is 5.92 Å². The van der Waals surface area contributed by atoms with Gasteiger partial charge in [0.25, 0.3) is 0 Å². The first-order valence-corrected chi connectivity index (χ1v) is 8.64. The SMILES string of the molecule is O=C1CCN(S(=O)(=O)c2ccccc2)[C@H]2CCCC[C@@H]12. The molecule has 0 unspecified atom stereocenters. The van der Waals surface area contributed by atoms with Gasteiger partial charge in [-0.15, -0.1) is 0 Å². The monoisotopic (exact) mass is 293 g/mol. The number of ketones is 1. The first kappa shape index (κ1) is 13.8. The number of carbonyl (C=O) groups excluding carboxylic acids is 1. The molecule has 2 aliphatic rings. The lowest BCUT2D eigenvalue weighted by molar-refractivity contribution is -0.128. The van der Waals surface area contributed by atoms with E-state index in [1.807, 2.05) is 6.07 Å². The van der Waals surface area contributed by atoms with Gasteiger partial charge in [0.15, 0.2) is 0 Å². The molecule has 1 saturated carbocycles. The van der Waals surface area contributed by atoms with Gasteiger partial charge in [-0.05, 0) is 25.0 Å². The summed E-state index contributed by atoms with van der Waals surface area (Å²) in [5.74, 6) is 0.158. The predicted octanol–water partition coefficient (Wildman–Crippen LogP) is 2.21. The van der Waals surface area contributed by atoms with Gasteiger partial charge >= 0.3 is 0 Å². The molecular formula is C15H19NO3S. The van der Waals surface area contributed by atoms with Gasteiger partial charge in [-0.2, -0.15) is 4.31 Å². The molecule has 2 atom stereocenters. The number of piperidine rings is 1. The van der Waals surface area contributed by atoms with Crippen molar-refractivity contribution in [3.63, 3.8) is 0 Å². The van der Waals surface area contributed by atoms with Crippen LogP contribution in [0.4, 0.5) is 0 Å². The second kappa shape index (κ2) is 5.30. The zero-order valence-corrected chi connectivity index (χ0v) is 12.2. The number of hydrogen-bond donors (Lipinski definition) is 0. The van der Waals surface area contributed by atoms with Crippen molar-refractivity contribution in [3.8, 4) is 0 Å². The van der Waals surface area contributed by atoms with Crippen LogP contribution in [0.25, 0.3) is 0 Å². The Morgan fingerprint density at radius 1 is 1.05 bits per heavy atom. The zero-order chi connectivity index (χ0) is 14.2. The average Bonchev–Trinajstić information content (AvgIpc) is 2.48. The maximum absolute atomic E-state index is 12.8. The van der Waals surface area contributed by atoms with Gasteiger partial charge in [-0.3, -0.25) is 4.79 Å². The third-order valence-electron chi connectivity index (χ3n) is 4.44. The summed E-state index contributed by atoms with van der Waals surface area (Å²) in [6, 6.07) is 8.41. The quantitative estimate of drug-likeness (QED) is 0.840. The highest BCUT2D eigenvalue weighted by atomic mass is 32.2. The second-order valence-electron chi connectivity index (χ2n) is 5.60. The zero-order valence-electron chi connectivity index (χ0n) is 11.4. The highest BCUT2D eigenvalue weighted by Crippen LogP contribution is 2.36. The van der Waals surface area contributed by atoms with Crippen LogP contribution in [0, 0.1) is 5.92 Å². The lowest BCUT2D eigenvalue weighted by Gasteiger charge is -2.42. The predicted molar refractivity (Wildman–Crippen MR) is 75.7 cm³/mol. The summed E-state index contributed by atoms with van der Waals surface area (Å²) in [4.78, 5) is 12.3. The minimum absolute atomic E-state index is 0.0870. The Balaban J connectivity index is 1.95. The largest absolute Gasteiger partial charge is 0.299 e. The van der Waals surface area contributed by atoms with Crippen molar-refractivity contribution < 1.29 is 13.2 Å². The van der Waals surface area contributed by atoms with Crippen molar-refractivity contribution in [1.82, 2.24) is 4.31 Å². The summed E-state index contributed by atoms with van der Waals surface area (Å²) in [5, 5.41) is 0. The molecule has 0 spiro atoms. The number of carbonyl (C=O) groups is 1. The van der Waals surface area contributed by atoms with Crippen molar-refractivity contribution in [3.05, 3.63) is 30.3 Å². The van der Waals surface area contributed by atoms with E-state index in [0.29, 0.717) is 17.9 Å². The summed E-state index contributed by atoms with van der Waals surface area (Å²) in [5.41, 5.74) is 0. The normalized spacial score (nSPS) is 28.1. The van der Waals surface area contributed by atoms with E-state index < -0.39 is 10.0 Å². The Bertz CT molecular complexity index is 597. The van der Waals surface area contributed by atoms with Crippen LogP contribution in [-0.2, 0) is 14.8 Å². The van der Waals surface area contributed by atoms with Gasteiger partial charge in [-0.25, -0.2) is 8.42 Å². The Hall–Kier alpha value is -1.20. The molecule has 5 heteroatoms. The second-order valence-corrected chi connectivity index (χ2v) is 7.49. The number of nitrogens with zero attached hydrogens (tertiary/aromatic N) is 1. The fourth-order valence-corrected chi connectivity index (χ4v) is 5.14. The Morgan fingerprint density at radius 2 is 1.75 bits per heavy atom. The molecule has 3 rings (SSSR count). The molecule has 1 aromatic rings. The van der Waals surface area contributed by atoms with Gasteiger partial charge in [0.05, 0.1) is 4.90 Å². The molecule has 1 aromatic carbocycles. The average molecular weight is 293 g/mol. The number of benzene rings is 1. The molecule has 108 valence electrons. The molecule has 1 aliphatic heterocycles. The summed E-state index contributed by atoms with van der Waals surface area (Å²) in [7, 11) is -3.47. The molecule has 0 bridgehead atoms. The van der Waals surface area contributed by atoms with E-state index in [-0.39, 0.29) is 17.7 Å². The number of sulfonamides is 1. The summed E-state index contributed by atoms with van der Waals surface area (Å²) in [6.45, 7) is 0.331. The molecule has 0 radical (unpaired) electrons. The maximum atomic E-state index is 12.8. The molecular weight excluding hydrogens is 274 g/mol.